The molecule has 3 rings (SSSR count). The van der Waals surface area contributed by atoms with Gasteiger partial charge in [0, 0.05) is 22.8 Å². The van der Waals surface area contributed by atoms with Crippen molar-refractivity contribution in [1.29, 1.82) is 5.26 Å². The third-order valence-electron chi connectivity index (χ3n) is 3.21. The van der Waals surface area contributed by atoms with Crippen LogP contribution in [-0.4, -0.2) is 18.2 Å². The molecule has 1 heterocycles. The summed E-state index contributed by atoms with van der Waals surface area (Å²) < 4.78 is 0. The molecule has 0 bridgehead atoms. The smallest absolute Gasteiger partial charge is 0.258 e. The number of amides is 1. The quantitative estimate of drug-likeness (QED) is 0.805. The van der Waals surface area contributed by atoms with Crippen molar-refractivity contribution in [1.82, 2.24) is 0 Å². The Bertz CT molecular complexity index is 706. The van der Waals surface area contributed by atoms with Crippen molar-refractivity contribution in [2.75, 3.05) is 17.2 Å². The standard InChI is InChI=1S/C16H12N2OS/c17-11-12-4-3-5-13(10-12)16(19)18-8-9-20-15-7-2-1-6-14(15)18/h1-7,10H,8-9H2. The van der Waals surface area contributed by atoms with Crippen molar-refractivity contribution in [3.05, 3.63) is 59.7 Å². The van der Waals surface area contributed by atoms with E-state index < -0.39 is 0 Å². The number of para-hydroxylation sites is 1. The molecule has 1 amide bonds. The summed E-state index contributed by atoms with van der Waals surface area (Å²) in [4.78, 5) is 15.6. The highest BCUT2D eigenvalue weighted by Gasteiger charge is 2.23. The van der Waals surface area contributed by atoms with Gasteiger partial charge in [-0.05, 0) is 30.3 Å². The van der Waals surface area contributed by atoms with E-state index in [1.165, 1.54) is 0 Å². The van der Waals surface area contributed by atoms with E-state index in [0.717, 1.165) is 16.3 Å². The van der Waals surface area contributed by atoms with Crippen LogP contribution in [0.5, 0.6) is 0 Å². The molecular formula is C16H12N2OS. The van der Waals surface area contributed by atoms with Crippen LogP contribution in [0.3, 0.4) is 0 Å². The minimum absolute atomic E-state index is 0.0464. The largest absolute Gasteiger partial charge is 0.306 e. The number of hydrogen-bond donors (Lipinski definition) is 0. The summed E-state index contributed by atoms with van der Waals surface area (Å²) in [7, 11) is 0. The highest BCUT2D eigenvalue weighted by Crippen LogP contribution is 2.35. The van der Waals surface area contributed by atoms with Crippen molar-refractivity contribution >= 4 is 23.4 Å². The number of thioether (sulfide) groups is 1. The predicted octanol–water partition coefficient (Wildman–Crippen LogP) is 3.31. The van der Waals surface area contributed by atoms with Crippen molar-refractivity contribution < 1.29 is 4.79 Å². The third-order valence-corrected chi connectivity index (χ3v) is 4.26. The van der Waals surface area contributed by atoms with E-state index in [0.29, 0.717) is 17.7 Å². The second-order valence-corrected chi connectivity index (χ2v) is 5.60. The van der Waals surface area contributed by atoms with Gasteiger partial charge in [0.2, 0.25) is 0 Å². The maximum atomic E-state index is 12.6. The van der Waals surface area contributed by atoms with Crippen LogP contribution in [-0.2, 0) is 0 Å². The fourth-order valence-corrected chi connectivity index (χ4v) is 3.25. The fourth-order valence-electron chi connectivity index (χ4n) is 2.26. The van der Waals surface area contributed by atoms with E-state index in [-0.39, 0.29) is 5.91 Å². The van der Waals surface area contributed by atoms with Gasteiger partial charge in [-0.25, -0.2) is 0 Å². The minimum Gasteiger partial charge on any atom is -0.306 e. The lowest BCUT2D eigenvalue weighted by Gasteiger charge is -2.29. The predicted molar refractivity (Wildman–Crippen MR) is 80.0 cm³/mol. The lowest BCUT2D eigenvalue weighted by atomic mass is 10.1. The number of fused-ring (bicyclic) bond motifs is 1. The van der Waals surface area contributed by atoms with Crippen LogP contribution in [0.25, 0.3) is 0 Å². The van der Waals surface area contributed by atoms with Gasteiger partial charge < -0.3 is 4.90 Å². The number of benzene rings is 2. The number of rotatable bonds is 1. The molecular weight excluding hydrogens is 268 g/mol. The van der Waals surface area contributed by atoms with E-state index in [2.05, 4.69) is 6.07 Å². The Kier molecular flexibility index (Phi) is 3.44. The monoisotopic (exact) mass is 280 g/mol. The van der Waals surface area contributed by atoms with E-state index >= 15 is 0 Å². The third kappa shape index (κ3) is 2.28. The summed E-state index contributed by atoms with van der Waals surface area (Å²) in [6.07, 6.45) is 0. The molecule has 0 radical (unpaired) electrons. The number of carbonyl (C=O) groups excluding carboxylic acids is 1. The average molecular weight is 280 g/mol. The Labute approximate surface area is 121 Å². The van der Waals surface area contributed by atoms with E-state index in [4.69, 9.17) is 5.26 Å². The Morgan fingerprint density at radius 1 is 1.20 bits per heavy atom. The first kappa shape index (κ1) is 12.8. The number of nitrogens with zero attached hydrogens (tertiary/aromatic N) is 2. The minimum atomic E-state index is -0.0464. The molecule has 98 valence electrons. The van der Waals surface area contributed by atoms with Crippen molar-refractivity contribution in [3.8, 4) is 6.07 Å². The fraction of sp³-hybridized carbons (Fsp3) is 0.125. The molecule has 0 saturated heterocycles. The Morgan fingerprint density at radius 3 is 2.90 bits per heavy atom. The summed E-state index contributed by atoms with van der Waals surface area (Å²) in [5.74, 6) is 0.843. The highest BCUT2D eigenvalue weighted by atomic mass is 32.2. The van der Waals surface area contributed by atoms with Crippen LogP contribution in [0.1, 0.15) is 15.9 Å². The molecule has 0 aliphatic carbocycles. The van der Waals surface area contributed by atoms with Gasteiger partial charge in [0.1, 0.15) is 0 Å². The van der Waals surface area contributed by atoms with Crippen LogP contribution < -0.4 is 4.90 Å². The van der Waals surface area contributed by atoms with Crippen LogP contribution in [0.15, 0.2) is 53.4 Å². The first-order valence-corrected chi connectivity index (χ1v) is 7.32. The Hall–Kier alpha value is -2.25. The first-order valence-electron chi connectivity index (χ1n) is 6.33. The van der Waals surface area contributed by atoms with Crippen LogP contribution in [0.2, 0.25) is 0 Å². The van der Waals surface area contributed by atoms with Gasteiger partial charge in [-0.15, -0.1) is 11.8 Å². The van der Waals surface area contributed by atoms with E-state index in [9.17, 15) is 4.79 Å². The molecule has 4 heteroatoms. The van der Waals surface area contributed by atoms with Crippen molar-refractivity contribution in [3.63, 3.8) is 0 Å². The van der Waals surface area contributed by atoms with Gasteiger partial charge in [-0.1, -0.05) is 18.2 Å². The van der Waals surface area contributed by atoms with Gasteiger partial charge in [-0.2, -0.15) is 5.26 Å². The van der Waals surface area contributed by atoms with Gasteiger partial charge in [0.05, 0.1) is 17.3 Å². The summed E-state index contributed by atoms with van der Waals surface area (Å²) in [5, 5.41) is 8.93. The molecule has 20 heavy (non-hydrogen) atoms. The highest BCUT2D eigenvalue weighted by molar-refractivity contribution is 7.99. The molecule has 3 nitrogen and oxygen atoms in total. The van der Waals surface area contributed by atoms with E-state index in [1.807, 2.05) is 24.3 Å². The second kappa shape index (κ2) is 5.40. The molecule has 0 fully saturated rings. The lowest BCUT2D eigenvalue weighted by molar-refractivity contribution is 0.0987. The second-order valence-electron chi connectivity index (χ2n) is 4.47. The number of carbonyl (C=O) groups is 1. The summed E-state index contributed by atoms with van der Waals surface area (Å²) in [5.41, 5.74) is 2.03. The molecule has 0 N–H and O–H groups in total. The number of hydrogen-bond acceptors (Lipinski definition) is 3. The summed E-state index contributed by atoms with van der Waals surface area (Å²) in [6, 6.07) is 16.8. The molecule has 0 unspecified atom stereocenters. The number of anilines is 1. The summed E-state index contributed by atoms with van der Waals surface area (Å²) in [6.45, 7) is 0.692. The molecule has 1 aliphatic rings. The first-order chi connectivity index (χ1) is 9.79. The molecule has 2 aromatic carbocycles. The van der Waals surface area contributed by atoms with Gasteiger partial charge in [-0.3, -0.25) is 4.79 Å². The lowest BCUT2D eigenvalue weighted by Crippen LogP contribution is -2.35. The SMILES string of the molecule is N#Cc1cccc(C(=O)N2CCSc3ccccc32)c1. The van der Waals surface area contributed by atoms with Gasteiger partial charge in [0.15, 0.2) is 0 Å². The Morgan fingerprint density at radius 2 is 2.05 bits per heavy atom. The number of nitriles is 1. The molecule has 1 aliphatic heterocycles. The maximum absolute atomic E-state index is 12.6. The maximum Gasteiger partial charge on any atom is 0.258 e. The summed E-state index contributed by atoms with van der Waals surface area (Å²) >= 11 is 1.77. The zero-order chi connectivity index (χ0) is 13.9. The van der Waals surface area contributed by atoms with Crippen molar-refractivity contribution in [2.45, 2.75) is 4.90 Å². The molecule has 0 aromatic heterocycles. The topological polar surface area (TPSA) is 44.1 Å². The molecule has 0 saturated carbocycles. The normalized spacial score (nSPS) is 13.4. The zero-order valence-electron chi connectivity index (χ0n) is 10.7. The molecule has 0 atom stereocenters. The van der Waals surface area contributed by atoms with Crippen LogP contribution >= 0.6 is 11.8 Å². The van der Waals surface area contributed by atoms with Gasteiger partial charge in [0.25, 0.3) is 5.91 Å². The van der Waals surface area contributed by atoms with Crippen LogP contribution in [0, 0.1) is 11.3 Å². The average Bonchev–Trinajstić information content (AvgIpc) is 2.53. The zero-order valence-corrected chi connectivity index (χ0v) is 11.6. The van der Waals surface area contributed by atoms with Crippen molar-refractivity contribution in [2.24, 2.45) is 0 Å². The molecule has 2 aromatic rings. The Balaban J connectivity index is 1.98. The van der Waals surface area contributed by atoms with Crippen LogP contribution in [0.4, 0.5) is 5.69 Å². The van der Waals surface area contributed by atoms with E-state index in [1.54, 1.807) is 40.9 Å². The molecule has 0 spiro atoms. The van der Waals surface area contributed by atoms with Gasteiger partial charge >= 0.3 is 0 Å².